The van der Waals surface area contributed by atoms with E-state index in [4.69, 9.17) is 17.0 Å². The SMILES string of the molecule is CCOC(=O)CCCn1c(=S)[nH]c2c(F)cc(F)cc21. The van der Waals surface area contributed by atoms with Crippen molar-refractivity contribution < 1.29 is 18.3 Å². The van der Waals surface area contributed by atoms with Crippen molar-refractivity contribution in [3.8, 4) is 0 Å². The Balaban J connectivity index is 2.20. The number of ether oxygens (including phenoxy) is 1. The summed E-state index contributed by atoms with van der Waals surface area (Å²) >= 11 is 5.09. The van der Waals surface area contributed by atoms with Gasteiger partial charge in [0.15, 0.2) is 10.6 Å². The molecule has 0 bridgehead atoms. The Morgan fingerprint density at radius 2 is 2.20 bits per heavy atom. The number of hydrogen-bond acceptors (Lipinski definition) is 3. The number of imidazole rings is 1. The summed E-state index contributed by atoms with van der Waals surface area (Å²) in [6, 6.07) is 2.02. The Morgan fingerprint density at radius 1 is 1.45 bits per heavy atom. The molecule has 0 saturated carbocycles. The molecule has 0 fully saturated rings. The van der Waals surface area contributed by atoms with Gasteiger partial charge in [-0.1, -0.05) is 0 Å². The Morgan fingerprint density at radius 3 is 2.90 bits per heavy atom. The molecular weight excluding hydrogens is 286 g/mol. The van der Waals surface area contributed by atoms with Crippen molar-refractivity contribution >= 4 is 29.2 Å². The molecule has 0 saturated heterocycles. The minimum atomic E-state index is -0.685. The number of H-pyrrole nitrogens is 1. The fourth-order valence-corrected chi connectivity index (χ4v) is 2.31. The fraction of sp³-hybridized carbons (Fsp3) is 0.385. The third-order valence-corrected chi connectivity index (χ3v) is 3.19. The minimum absolute atomic E-state index is 0.174. The van der Waals surface area contributed by atoms with Crippen LogP contribution in [0.2, 0.25) is 0 Å². The van der Waals surface area contributed by atoms with Crippen molar-refractivity contribution in [2.24, 2.45) is 0 Å². The van der Waals surface area contributed by atoms with E-state index in [2.05, 4.69) is 4.98 Å². The lowest BCUT2D eigenvalue weighted by Crippen LogP contribution is -2.06. The Labute approximate surface area is 119 Å². The maximum absolute atomic E-state index is 13.6. The number of benzene rings is 1. The largest absolute Gasteiger partial charge is 0.466 e. The van der Waals surface area contributed by atoms with Crippen LogP contribution in [0, 0.1) is 16.4 Å². The first-order valence-electron chi connectivity index (χ1n) is 6.26. The van der Waals surface area contributed by atoms with Gasteiger partial charge >= 0.3 is 5.97 Å². The van der Waals surface area contributed by atoms with Crippen LogP contribution in [0.15, 0.2) is 12.1 Å². The van der Waals surface area contributed by atoms with Crippen LogP contribution >= 0.6 is 12.2 Å². The molecule has 0 amide bonds. The predicted molar refractivity (Wildman–Crippen MR) is 72.9 cm³/mol. The predicted octanol–water partition coefficient (Wildman–Crippen LogP) is 3.32. The quantitative estimate of drug-likeness (QED) is 0.680. The monoisotopic (exact) mass is 300 g/mol. The van der Waals surface area contributed by atoms with Crippen LogP contribution in [0.25, 0.3) is 11.0 Å². The maximum atomic E-state index is 13.6. The highest BCUT2D eigenvalue weighted by Gasteiger charge is 2.11. The van der Waals surface area contributed by atoms with E-state index in [1.54, 1.807) is 11.5 Å². The van der Waals surface area contributed by atoms with Crippen LogP contribution in [-0.4, -0.2) is 22.1 Å². The van der Waals surface area contributed by atoms with E-state index in [1.807, 2.05) is 0 Å². The van der Waals surface area contributed by atoms with Crippen molar-refractivity contribution in [2.75, 3.05) is 6.61 Å². The summed E-state index contributed by atoms with van der Waals surface area (Å²) in [6.45, 7) is 2.46. The van der Waals surface area contributed by atoms with Crippen LogP contribution in [0.1, 0.15) is 19.8 Å². The zero-order valence-electron chi connectivity index (χ0n) is 10.9. The second kappa shape index (κ2) is 6.13. The topological polar surface area (TPSA) is 47.0 Å². The van der Waals surface area contributed by atoms with Crippen molar-refractivity contribution in [2.45, 2.75) is 26.3 Å². The molecular formula is C13H14F2N2O2S. The summed E-state index contributed by atoms with van der Waals surface area (Å²) in [5, 5.41) is 0. The lowest BCUT2D eigenvalue weighted by atomic mass is 10.2. The van der Waals surface area contributed by atoms with E-state index < -0.39 is 11.6 Å². The molecule has 0 aliphatic rings. The molecule has 4 nitrogen and oxygen atoms in total. The number of hydrogen-bond donors (Lipinski definition) is 1. The number of aryl methyl sites for hydroxylation is 1. The smallest absolute Gasteiger partial charge is 0.305 e. The summed E-state index contributed by atoms with van der Waals surface area (Å²) in [6.07, 6.45) is 0.721. The molecule has 0 radical (unpaired) electrons. The number of aromatic nitrogens is 2. The molecule has 20 heavy (non-hydrogen) atoms. The van der Waals surface area contributed by atoms with E-state index in [0.29, 0.717) is 29.9 Å². The summed E-state index contributed by atoms with van der Waals surface area (Å²) in [4.78, 5) is 13.9. The molecule has 0 aliphatic carbocycles. The first-order chi connectivity index (χ1) is 9.52. The highest BCUT2D eigenvalue weighted by Crippen LogP contribution is 2.20. The normalized spacial score (nSPS) is 10.9. The molecule has 108 valence electrons. The molecule has 1 aromatic carbocycles. The molecule has 7 heteroatoms. The number of halogens is 2. The zero-order chi connectivity index (χ0) is 14.7. The van der Waals surface area contributed by atoms with Crippen LogP contribution in [0.3, 0.4) is 0 Å². The van der Waals surface area contributed by atoms with Gasteiger partial charge in [0.05, 0.1) is 12.1 Å². The molecule has 2 aromatic rings. The molecule has 0 aliphatic heterocycles. The van der Waals surface area contributed by atoms with Gasteiger partial charge in [0, 0.05) is 19.0 Å². The summed E-state index contributed by atoms with van der Waals surface area (Å²) in [7, 11) is 0. The number of esters is 1. The molecule has 0 unspecified atom stereocenters. The van der Waals surface area contributed by atoms with Gasteiger partial charge in [-0.3, -0.25) is 4.79 Å². The van der Waals surface area contributed by atoms with E-state index >= 15 is 0 Å². The first-order valence-corrected chi connectivity index (χ1v) is 6.67. The Kier molecular flexibility index (Phi) is 4.49. The average Bonchev–Trinajstić information content (AvgIpc) is 2.67. The molecule has 1 aromatic heterocycles. The number of rotatable bonds is 5. The van der Waals surface area contributed by atoms with Crippen LogP contribution in [-0.2, 0) is 16.1 Å². The fourth-order valence-electron chi connectivity index (χ4n) is 2.02. The Hall–Kier alpha value is -1.76. The number of carbonyl (C=O) groups is 1. The first kappa shape index (κ1) is 14.6. The lowest BCUT2D eigenvalue weighted by molar-refractivity contribution is -0.143. The van der Waals surface area contributed by atoms with Gasteiger partial charge < -0.3 is 14.3 Å². The van der Waals surface area contributed by atoms with E-state index in [1.165, 1.54) is 6.07 Å². The minimum Gasteiger partial charge on any atom is -0.466 e. The number of carbonyl (C=O) groups excluding carboxylic acids is 1. The number of nitrogens with zero attached hydrogens (tertiary/aromatic N) is 1. The highest BCUT2D eigenvalue weighted by atomic mass is 32.1. The lowest BCUT2D eigenvalue weighted by Gasteiger charge is -2.05. The average molecular weight is 300 g/mol. The summed E-state index contributed by atoms with van der Waals surface area (Å²) in [5.74, 6) is -1.64. The van der Waals surface area contributed by atoms with Gasteiger partial charge in [0.1, 0.15) is 11.3 Å². The molecule has 1 heterocycles. The summed E-state index contributed by atoms with van der Waals surface area (Å²) in [5.41, 5.74) is 0.531. The third-order valence-electron chi connectivity index (χ3n) is 2.87. The van der Waals surface area contributed by atoms with E-state index in [-0.39, 0.29) is 17.9 Å². The van der Waals surface area contributed by atoms with Gasteiger partial charge in [-0.2, -0.15) is 0 Å². The highest BCUT2D eigenvalue weighted by molar-refractivity contribution is 7.71. The second-order valence-corrected chi connectivity index (χ2v) is 4.66. The Bertz CT molecular complexity index is 693. The summed E-state index contributed by atoms with van der Waals surface area (Å²) < 4.78 is 33.5. The van der Waals surface area contributed by atoms with Gasteiger partial charge in [0.25, 0.3) is 0 Å². The van der Waals surface area contributed by atoms with E-state index in [9.17, 15) is 13.6 Å². The van der Waals surface area contributed by atoms with Gasteiger partial charge in [-0.25, -0.2) is 8.78 Å². The van der Waals surface area contributed by atoms with Crippen LogP contribution in [0.4, 0.5) is 8.78 Å². The van der Waals surface area contributed by atoms with Crippen molar-refractivity contribution in [1.29, 1.82) is 0 Å². The zero-order valence-corrected chi connectivity index (χ0v) is 11.7. The molecule has 0 spiro atoms. The third kappa shape index (κ3) is 3.04. The molecule has 0 atom stereocenters. The number of fused-ring (bicyclic) bond motifs is 1. The van der Waals surface area contributed by atoms with Gasteiger partial charge in [0.2, 0.25) is 0 Å². The van der Waals surface area contributed by atoms with Crippen molar-refractivity contribution in [3.63, 3.8) is 0 Å². The van der Waals surface area contributed by atoms with Gasteiger partial charge in [-0.05, 0) is 31.6 Å². The van der Waals surface area contributed by atoms with E-state index in [0.717, 1.165) is 6.07 Å². The second-order valence-electron chi connectivity index (χ2n) is 4.27. The van der Waals surface area contributed by atoms with Crippen molar-refractivity contribution in [1.82, 2.24) is 9.55 Å². The van der Waals surface area contributed by atoms with Crippen LogP contribution in [0.5, 0.6) is 0 Å². The number of aromatic amines is 1. The standard InChI is InChI=1S/C13H14F2N2O2S/c1-2-19-11(18)4-3-5-17-10-7-8(14)6-9(15)12(10)16-13(17)20/h6-7H,2-5H2,1H3,(H,16,20). The van der Waals surface area contributed by atoms with Crippen molar-refractivity contribution in [3.05, 3.63) is 28.5 Å². The molecule has 2 rings (SSSR count). The molecule has 1 N–H and O–H groups in total. The van der Waals surface area contributed by atoms with Gasteiger partial charge in [-0.15, -0.1) is 0 Å². The van der Waals surface area contributed by atoms with Crippen LogP contribution < -0.4 is 0 Å². The number of nitrogens with one attached hydrogen (secondary N) is 1. The maximum Gasteiger partial charge on any atom is 0.305 e.